The number of amides is 2. The Morgan fingerprint density at radius 3 is 2.06 bits per heavy atom. The lowest BCUT2D eigenvalue weighted by Crippen LogP contribution is -2.56. The molecule has 1 aliphatic carbocycles. The Labute approximate surface area is 204 Å². The number of carboxylic acid groups (broad SMARTS) is 1. The summed E-state index contributed by atoms with van der Waals surface area (Å²) in [5.41, 5.74) is 3.80. The van der Waals surface area contributed by atoms with Crippen molar-refractivity contribution in [3.05, 3.63) is 59.7 Å². The van der Waals surface area contributed by atoms with Gasteiger partial charge in [-0.1, -0.05) is 69.3 Å². The lowest BCUT2D eigenvalue weighted by Gasteiger charge is -2.31. The van der Waals surface area contributed by atoms with Crippen LogP contribution in [0, 0.1) is 5.41 Å². The smallest absolute Gasteiger partial charge is 0.407 e. The van der Waals surface area contributed by atoms with Gasteiger partial charge in [0, 0.05) is 5.92 Å². The molecule has 182 valence electrons. The van der Waals surface area contributed by atoms with Gasteiger partial charge in [0.2, 0.25) is 5.91 Å². The van der Waals surface area contributed by atoms with Gasteiger partial charge in [-0.05, 0) is 46.1 Å². The number of rotatable bonds is 9. The number of benzene rings is 2. The number of alkyl carbamates (subject to hydrolysis) is 1. The fourth-order valence-electron chi connectivity index (χ4n) is 4.18. The molecule has 0 bridgehead atoms. The monoisotopic (exact) mass is 484 g/mol. The van der Waals surface area contributed by atoms with Crippen LogP contribution >= 0.6 is 11.8 Å². The van der Waals surface area contributed by atoms with Crippen LogP contribution in [0.2, 0.25) is 0 Å². The maximum absolute atomic E-state index is 12.9. The average molecular weight is 485 g/mol. The van der Waals surface area contributed by atoms with E-state index in [0.29, 0.717) is 12.2 Å². The second-order valence-corrected chi connectivity index (χ2v) is 10.4. The van der Waals surface area contributed by atoms with Crippen molar-refractivity contribution in [2.24, 2.45) is 5.41 Å². The summed E-state index contributed by atoms with van der Waals surface area (Å²) in [6, 6.07) is 14.1. The van der Waals surface area contributed by atoms with E-state index in [2.05, 4.69) is 22.8 Å². The van der Waals surface area contributed by atoms with Crippen molar-refractivity contribution in [1.29, 1.82) is 0 Å². The molecule has 2 amide bonds. The molecule has 7 nitrogen and oxygen atoms in total. The number of carboxylic acids is 1. The molecule has 8 heteroatoms. The molecule has 3 N–H and O–H groups in total. The molecule has 2 aromatic rings. The number of thioether (sulfide) groups is 1. The number of nitrogens with one attached hydrogen (secondary N) is 2. The SMILES string of the molecule is CSCC[C@H](NC(=O)[C@@H](NC(=O)OCC1c2ccccc2-c2ccccc21)C(C)(C)C)C(=O)O. The molecule has 0 aliphatic heterocycles. The van der Waals surface area contributed by atoms with Gasteiger partial charge in [-0.2, -0.15) is 11.8 Å². The number of carbonyl (C=O) groups is 3. The molecule has 0 unspecified atom stereocenters. The molecule has 0 saturated heterocycles. The number of aliphatic carboxylic acids is 1. The van der Waals surface area contributed by atoms with E-state index in [1.807, 2.05) is 42.7 Å². The van der Waals surface area contributed by atoms with Gasteiger partial charge in [0.1, 0.15) is 18.7 Å². The molecule has 0 radical (unpaired) electrons. The zero-order chi connectivity index (χ0) is 24.9. The van der Waals surface area contributed by atoms with E-state index >= 15 is 0 Å². The summed E-state index contributed by atoms with van der Waals surface area (Å²) < 4.78 is 5.58. The quantitative estimate of drug-likeness (QED) is 0.491. The summed E-state index contributed by atoms with van der Waals surface area (Å²) in [7, 11) is 0. The predicted octanol–water partition coefficient (Wildman–Crippen LogP) is 4.26. The van der Waals surface area contributed by atoms with Crippen molar-refractivity contribution in [3.63, 3.8) is 0 Å². The minimum Gasteiger partial charge on any atom is -0.480 e. The van der Waals surface area contributed by atoms with Crippen LogP contribution in [0.3, 0.4) is 0 Å². The highest BCUT2D eigenvalue weighted by Gasteiger charge is 2.36. The standard InChI is InChI=1S/C26H32N2O5S/c1-26(2,3)22(23(29)27-21(24(30)31)13-14-34-4)28-25(32)33-15-20-18-11-7-5-9-16(18)17-10-6-8-12-19(17)20/h5-12,20-22H,13-15H2,1-4H3,(H,27,29)(H,28,32)(H,30,31)/t21-,22+/m0/s1. The van der Waals surface area contributed by atoms with Gasteiger partial charge in [-0.25, -0.2) is 9.59 Å². The number of ether oxygens (including phenoxy) is 1. The van der Waals surface area contributed by atoms with Crippen molar-refractivity contribution in [1.82, 2.24) is 10.6 Å². The molecule has 0 aromatic heterocycles. The first-order valence-electron chi connectivity index (χ1n) is 11.3. The molecule has 3 rings (SSSR count). The maximum atomic E-state index is 12.9. The fraction of sp³-hybridized carbons (Fsp3) is 0.423. The van der Waals surface area contributed by atoms with E-state index in [1.165, 1.54) is 11.8 Å². The Bertz CT molecular complexity index is 1000. The molecule has 0 spiro atoms. The van der Waals surface area contributed by atoms with E-state index in [0.717, 1.165) is 22.3 Å². The van der Waals surface area contributed by atoms with Crippen LogP contribution in [0.25, 0.3) is 11.1 Å². The third-order valence-corrected chi connectivity index (χ3v) is 6.60. The van der Waals surface area contributed by atoms with Crippen LogP contribution < -0.4 is 10.6 Å². The van der Waals surface area contributed by atoms with Crippen LogP contribution in [0.4, 0.5) is 4.79 Å². The number of hydrogen-bond acceptors (Lipinski definition) is 5. The number of fused-ring (bicyclic) bond motifs is 3. The lowest BCUT2D eigenvalue weighted by molar-refractivity contribution is -0.142. The summed E-state index contributed by atoms with van der Waals surface area (Å²) >= 11 is 1.50. The summed E-state index contributed by atoms with van der Waals surface area (Å²) in [6.45, 7) is 5.54. The van der Waals surface area contributed by atoms with Crippen LogP contribution in [0.15, 0.2) is 48.5 Å². The van der Waals surface area contributed by atoms with Gasteiger partial charge in [0.25, 0.3) is 0 Å². The van der Waals surface area contributed by atoms with Crippen molar-refractivity contribution in [2.45, 2.75) is 45.2 Å². The normalized spacial score (nSPS) is 14.5. The third kappa shape index (κ3) is 5.91. The Hall–Kier alpha value is -3.00. The Balaban J connectivity index is 1.68. The van der Waals surface area contributed by atoms with E-state index in [4.69, 9.17) is 4.74 Å². The summed E-state index contributed by atoms with van der Waals surface area (Å²) in [5, 5.41) is 14.7. The first-order valence-corrected chi connectivity index (χ1v) is 12.7. The highest BCUT2D eigenvalue weighted by atomic mass is 32.2. The number of carbonyl (C=O) groups excluding carboxylic acids is 2. The second-order valence-electron chi connectivity index (χ2n) is 9.45. The third-order valence-electron chi connectivity index (χ3n) is 5.96. The van der Waals surface area contributed by atoms with Gasteiger partial charge >= 0.3 is 12.1 Å². The van der Waals surface area contributed by atoms with Crippen molar-refractivity contribution < 1.29 is 24.2 Å². The lowest BCUT2D eigenvalue weighted by atomic mass is 9.86. The summed E-state index contributed by atoms with van der Waals surface area (Å²) in [5.74, 6) is -1.15. The van der Waals surface area contributed by atoms with Crippen LogP contribution in [0.1, 0.15) is 44.2 Å². The first kappa shape index (κ1) is 25.6. The highest BCUT2D eigenvalue weighted by molar-refractivity contribution is 7.98. The zero-order valence-electron chi connectivity index (χ0n) is 20.0. The van der Waals surface area contributed by atoms with Crippen molar-refractivity contribution in [2.75, 3.05) is 18.6 Å². The molecular weight excluding hydrogens is 452 g/mol. The molecular formula is C26H32N2O5S. The van der Waals surface area contributed by atoms with Crippen molar-refractivity contribution >= 4 is 29.7 Å². The molecule has 0 fully saturated rings. The molecule has 0 heterocycles. The molecule has 34 heavy (non-hydrogen) atoms. The largest absolute Gasteiger partial charge is 0.480 e. The number of hydrogen-bond donors (Lipinski definition) is 3. The van der Waals surface area contributed by atoms with Gasteiger partial charge in [-0.15, -0.1) is 0 Å². The predicted molar refractivity (Wildman–Crippen MR) is 134 cm³/mol. The molecule has 2 aromatic carbocycles. The van der Waals surface area contributed by atoms with Crippen LogP contribution in [-0.2, 0) is 14.3 Å². The Morgan fingerprint density at radius 1 is 1.00 bits per heavy atom. The highest BCUT2D eigenvalue weighted by Crippen LogP contribution is 2.44. The minimum absolute atomic E-state index is 0.0944. The Kier molecular flexibility index (Phi) is 8.25. The van der Waals surface area contributed by atoms with Crippen LogP contribution in [0.5, 0.6) is 0 Å². The van der Waals surface area contributed by atoms with Gasteiger partial charge < -0.3 is 20.5 Å². The van der Waals surface area contributed by atoms with Crippen LogP contribution in [-0.4, -0.2) is 53.8 Å². The van der Waals surface area contributed by atoms with E-state index in [1.54, 1.807) is 20.8 Å². The van der Waals surface area contributed by atoms with Crippen molar-refractivity contribution in [3.8, 4) is 11.1 Å². The topological polar surface area (TPSA) is 105 Å². The minimum atomic E-state index is -1.10. The summed E-state index contributed by atoms with van der Waals surface area (Å²) in [6.07, 6.45) is 1.45. The van der Waals surface area contributed by atoms with E-state index in [-0.39, 0.29) is 12.5 Å². The van der Waals surface area contributed by atoms with Gasteiger partial charge in [0.15, 0.2) is 0 Å². The molecule has 1 aliphatic rings. The van der Waals surface area contributed by atoms with Gasteiger partial charge in [0.05, 0.1) is 0 Å². The van der Waals surface area contributed by atoms with E-state index < -0.39 is 35.5 Å². The second kappa shape index (κ2) is 11.0. The fourth-order valence-corrected chi connectivity index (χ4v) is 4.65. The summed E-state index contributed by atoms with van der Waals surface area (Å²) in [4.78, 5) is 37.2. The zero-order valence-corrected chi connectivity index (χ0v) is 20.8. The van der Waals surface area contributed by atoms with Gasteiger partial charge in [-0.3, -0.25) is 4.79 Å². The average Bonchev–Trinajstić information content (AvgIpc) is 3.11. The Morgan fingerprint density at radius 2 is 1.56 bits per heavy atom. The maximum Gasteiger partial charge on any atom is 0.407 e. The molecule has 0 saturated carbocycles. The van der Waals surface area contributed by atoms with E-state index in [9.17, 15) is 19.5 Å². The first-order chi connectivity index (χ1) is 16.1. The molecule has 2 atom stereocenters.